The fourth-order valence-electron chi connectivity index (χ4n) is 3.45. The maximum atomic E-state index is 13.3. The van der Waals surface area contributed by atoms with Crippen molar-refractivity contribution in [2.24, 2.45) is 10.6 Å². The van der Waals surface area contributed by atoms with Crippen molar-refractivity contribution in [2.45, 2.75) is 57.2 Å². The minimum atomic E-state index is -1.58. The number of aromatic nitrogens is 1. The molecule has 3 amide bonds. The van der Waals surface area contributed by atoms with Crippen LogP contribution in [0.5, 0.6) is 0 Å². The highest BCUT2D eigenvalue weighted by Crippen LogP contribution is 2.42. The van der Waals surface area contributed by atoms with Crippen molar-refractivity contribution in [3.8, 4) is 0 Å². The number of hydrogen-bond acceptors (Lipinski definition) is 11. The topological polar surface area (TPSA) is 177 Å². The number of carbonyl (C=O) groups excluding carboxylic acids is 4. The Morgan fingerprint density at radius 3 is 2.58 bits per heavy atom. The number of oxime groups is 1. The van der Waals surface area contributed by atoms with E-state index in [0.717, 1.165) is 11.3 Å². The number of rotatable bonds is 10. The number of fused-ring (bicyclic) bond motifs is 1. The largest absolute Gasteiger partial charge is 0.481 e. The molecule has 2 aliphatic heterocycles. The molecule has 15 heteroatoms. The molecule has 3 atom stereocenters. The number of thiazole rings is 1. The van der Waals surface area contributed by atoms with E-state index in [0.29, 0.717) is 6.41 Å². The number of nitrogens with zero attached hydrogens (tertiary/aromatic N) is 3. The predicted octanol–water partition coefficient (Wildman–Crippen LogP) is 1.21. The summed E-state index contributed by atoms with van der Waals surface area (Å²) in [6, 6.07) is -0.945. The number of ether oxygens (including phenoxy) is 1. The molecule has 3 N–H and O–H groups in total. The first kappa shape index (κ1) is 29.1. The minimum Gasteiger partial charge on any atom is -0.481 e. The molecule has 0 spiro atoms. The molecule has 13 nitrogen and oxygen atoms in total. The zero-order valence-electron chi connectivity index (χ0n) is 21.5. The van der Waals surface area contributed by atoms with Crippen molar-refractivity contribution in [2.75, 3.05) is 17.6 Å². The van der Waals surface area contributed by atoms with Crippen molar-refractivity contribution in [1.82, 2.24) is 15.2 Å². The van der Waals surface area contributed by atoms with Gasteiger partial charge in [-0.25, -0.2) is 9.78 Å². The van der Waals surface area contributed by atoms with Crippen molar-refractivity contribution < 1.29 is 38.7 Å². The lowest BCUT2D eigenvalue weighted by molar-refractivity contribution is -0.179. The van der Waals surface area contributed by atoms with E-state index in [9.17, 15) is 29.1 Å². The first-order valence-electron chi connectivity index (χ1n) is 11.4. The molecule has 0 aliphatic carbocycles. The smallest absolute Gasteiger partial charge is 0.353 e. The summed E-state index contributed by atoms with van der Waals surface area (Å²) in [6.45, 7) is 11.5. The number of amides is 3. The number of thioether (sulfide) groups is 1. The third kappa shape index (κ3) is 5.99. The summed E-state index contributed by atoms with van der Waals surface area (Å²) in [5, 5.41) is 19.6. The molecule has 38 heavy (non-hydrogen) atoms. The Hall–Kier alpha value is -3.46. The fraction of sp³-hybridized carbons (Fsp3) is 0.522. The van der Waals surface area contributed by atoms with Gasteiger partial charge in [-0.1, -0.05) is 11.2 Å². The van der Waals surface area contributed by atoms with Crippen LogP contribution in [-0.4, -0.2) is 85.8 Å². The SMILES string of the molecule is C=CC1(C(=O)O)CS[C@@H]2C(NC(=O)C(=NOC(C)(C)C(=O)OC(C)(C)C)c3csc(NC=O)n3)C(=O)N2C1. The number of carbonyl (C=O) groups is 5. The molecule has 206 valence electrons. The van der Waals surface area contributed by atoms with E-state index in [1.807, 2.05) is 0 Å². The lowest BCUT2D eigenvalue weighted by Gasteiger charge is -2.53. The zero-order valence-corrected chi connectivity index (χ0v) is 23.1. The first-order valence-corrected chi connectivity index (χ1v) is 13.3. The normalized spacial score (nSPS) is 23.4. The predicted molar refractivity (Wildman–Crippen MR) is 140 cm³/mol. The van der Waals surface area contributed by atoms with Gasteiger partial charge in [-0.3, -0.25) is 19.2 Å². The van der Waals surface area contributed by atoms with E-state index in [1.54, 1.807) is 20.8 Å². The summed E-state index contributed by atoms with van der Waals surface area (Å²) in [5.41, 5.74) is -3.94. The molecule has 1 aromatic heterocycles. The van der Waals surface area contributed by atoms with E-state index < -0.39 is 51.8 Å². The van der Waals surface area contributed by atoms with Crippen LogP contribution in [0.1, 0.15) is 40.3 Å². The number of carboxylic acid groups (broad SMARTS) is 1. The van der Waals surface area contributed by atoms with Crippen molar-refractivity contribution in [1.29, 1.82) is 0 Å². The summed E-state index contributed by atoms with van der Waals surface area (Å²) in [4.78, 5) is 72.1. The molecule has 0 radical (unpaired) electrons. The second kappa shape index (κ2) is 10.7. The molecule has 2 aliphatic rings. The number of esters is 1. The quantitative estimate of drug-likeness (QED) is 0.0930. The molecule has 0 saturated carbocycles. The summed E-state index contributed by atoms with van der Waals surface area (Å²) >= 11 is 2.24. The maximum absolute atomic E-state index is 13.3. The highest BCUT2D eigenvalue weighted by atomic mass is 32.2. The number of carboxylic acids is 1. The van der Waals surface area contributed by atoms with Crippen molar-refractivity contribution in [3.05, 3.63) is 23.7 Å². The molecule has 1 aromatic rings. The number of aliphatic carboxylic acids is 1. The molecule has 3 rings (SSSR count). The monoisotopic (exact) mass is 567 g/mol. The Bertz CT molecular complexity index is 1190. The molecule has 0 bridgehead atoms. The molecule has 0 aromatic carbocycles. The van der Waals surface area contributed by atoms with E-state index in [1.165, 1.54) is 42.0 Å². The minimum absolute atomic E-state index is 0.0355. The Labute approximate surface area is 227 Å². The molecular weight excluding hydrogens is 538 g/mol. The zero-order chi connectivity index (χ0) is 28.5. The van der Waals surface area contributed by atoms with Crippen LogP contribution in [0.25, 0.3) is 0 Å². The highest BCUT2D eigenvalue weighted by Gasteiger charge is 2.56. The van der Waals surface area contributed by atoms with Gasteiger partial charge >= 0.3 is 11.9 Å². The fourth-order valence-corrected chi connectivity index (χ4v) is 5.64. The lowest BCUT2D eigenvalue weighted by atomic mass is 9.87. The van der Waals surface area contributed by atoms with Crippen LogP contribution >= 0.6 is 23.1 Å². The van der Waals surface area contributed by atoms with Gasteiger partial charge in [0.2, 0.25) is 17.9 Å². The molecule has 3 heterocycles. The second-order valence-corrected chi connectivity index (χ2v) is 12.1. The number of anilines is 1. The van der Waals surface area contributed by atoms with Gasteiger partial charge in [-0.2, -0.15) is 0 Å². The van der Waals surface area contributed by atoms with Crippen LogP contribution in [-0.2, 0) is 33.5 Å². The van der Waals surface area contributed by atoms with Crippen LogP contribution in [0.4, 0.5) is 5.13 Å². The average Bonchev–Trinajstić information content (AvgIpc) is 3.29. The van der Waals surface area contributed by atoms with Gasteiger partial charge in [0.25, 0.3) is 5.91 Å². The highest BCUT2D eigenvalue weighted by molar-refractivity contribution is 8.00. The van der Waals surface area contributed by atoms with E-state index in [4.69, 9.17) is 9.57 Å². The summed E-state index contributed by atoms with van der Waals surface area (Å²) in [7, 11) is 0. The van der Waals surface area contributed by atoms with Crippen LogP contribution in [0, 0.1) is 5.41 Å². The Morgan fingerprint density at radius 2 is 2.00 bits per heavy atom. The van der Waals surface area contributed by atoms with Gasteiger partial charge in [0.05, 0.1) is 0 Å². The van der Waals surface area contributed by atoms with Gasteiger partial charge < -0.3 is 30.2 Å². The van der Waals surface area contributed by atoms with E-state index >= 15 is 0 Å². The second-order valence-electron chi connectivity index (χ2n) is 10.1. The average molecular weight is 568 g/mol. The summed E-state index contributed by atoms with van der Waals surface area (Å²) in [6.07, 6.45) is 1.74. The third-order valence-corrected chi connectivity index (χ3v) is 7.93. The number of hydrogen-bond donors (Lipinski definition) is 3. The third-order valence-electron chi connectivity index (χ3n) is 5.61. The number of nitrogens with one attached hydrogen (secondary N) is 2. The van der Waals surface area contributed by atoms with Crippen LogP contribution in [0.3, 0.4) is 0 Å². The van der Waals surface area contributed by atoms with Gasteiger partial charge in [-0.05, 0) is 34.6 Å². The van der Waals surface area contributed by atoms with Gasteiger partial charge in [-0.15, -0.1) is 29.7 Å². The molecule has 2 unspecified atom stereocenters. The Kier molecular flexibility index (Phi) is 8.21. The van der Waals surface area contributed by atoms with Crippen LogP contribution < -0.4 is 10.6 Å². The van der Waals surface area contributed by atoms with Gasteiger partial charge in [0.1, 0.15) is 28.1 Å². The van der Waals surface area contributed by atoms with E-state index in [-0.39, 0.29) is 28.8 Å². The summed E-state index contributed by atoms with van der Waals surface area (Å²) in [5.74, 6) is -2.90. The van der Waals surface area contributed by atoms with E-state index in [2.05, 4.69) is 27.4 Å². The summed E-state index contributed by atoms with van der Waals surface area (Å²) < 4.78 is 5.35. The molecule has 2 saturated heterocycles. The maximum Gasteiger partial charge on any atom is 0.353 e. The number of β-lactam (4-membered cyclic amide) rings is 1. The van der Waals surface area contributed by atoms with Gasteiger partial charge in [0, 0.05) is 17.7 Å². The van der Waals surface area contributed by atoms with Crippen LogP contribution in [0.2, 0.25) is 0 Å². The van der Waals surface area contributed by atoms with Crippen LogP contribution in [0.15, 0.2) is 23.2 Å². The standard InChI is InChI=1S/C23H29N5O8S2/c1-7-23(18(32)33)9-28-16(31)14(17(28)38-10-23)26-15(30)13(12-8-37-20(25-12)24-11-29)27-36-22(5,6)19(34)35-21(2,3)4/h7-8,11,14,17H,1,9-10H2,2-6H3,(H,26,30)(H,32,33)(H,24,25,29)/t14?,17-,23?/m1/s1. The molecular formula is C23H29N5O8S2. The van der Waals surface area contributed by atoms with Gasteiger partial charge in [0.15, 0.2) is 10.8 Å². The lowest BCUT2D eigenvalue weighted by Crippen LogP contribution is -2.73. The Balaban J connectivity index is 1.81. The Morgan fingerprint density at radius 1 is 1.32 bits per heavy atom. The molecule has 2 fully saturated rings. The first-order chi connectivity index (χ1) is 17.6. The van der Waals surface area contributed by atoms with Crippen molar-refractivity contribution in [3.63, 3.8) is 0 Å². The van der Waals surface area contributed by atoms with Crippen molar-refractivity contribution >= 4 is 64.1 Å².